The Morgan fingerprint density at radius 1 is 1.39 bits per heavy atom. The molecule has 1 unspecified atom stereocenters. The van der Waals surface area contributed by atoms with Gasteiger partial charge in [0.15, 0.2) is 0 Å². The first-order valence-electron chi connectivity index (χ1n) is 9.16. The molecular weight excluding hydrogens is 396 g/mol. The van der Waals surface area contributed by atoms with Crippen molar-refractivity contribution in [3.8, 4) is 11.4 Å². The highest BCUT2D eigenvalue weighted by atomic mass is 35.5. The van der Waals surface area contributed by atoms with Crippen LogP contribution < -0.4 is 5.56 Å². The van der Waals surface area contributed by atoms with Gasteiger partial charge in [-0.2, -0.15) is 4.98 Å². The van der Waals surface area contributed by atoms with Gasteiger partial charge in [-0.05, 0) is 42.9 Å². The molecule has 0 amide bonds. The topological polar surface area (TPSA) is 73.8 Å². The van der Waals surface area contributed by atoms with Crippen LogP contribution in [0, 0.1) is 5.92 Å². The van der Waals surface area contributed by atoms with Crippen molar-refractivity contribution in [2.24, 2.45) is 5.92 Å². The first-order chi connectivity index (χ1) is 13.6. The van der Waals surface area contributed by atoms with Crippen LogP contribution in [0.25, 0.3) is 21.6 Å². The molecule has 3 aromatic heterocycles. The van der Waals surface area contributed by atoms with E-state index in [9.17, 15) is 4.79 Å². The van der Waals surface area contributed by atoms with Crippen molar-refractivity contribution < 1.29 is 4.52 Å². The van der Waals surface area contributed by atoms with Gasteiger partial charge < -0.3 is 4.52 Å². The van der Waals surface area contributed by atoms with Gasteiger partial charge in [-0.3, -0.25) is 9.36 Å². The number of rotatable bonds is 3. The Labute approximate surface area is 169 Å². The highest BCUT2D eigenvalue weighted by molar-refractivity contribution is 7.18. The van der Waals surface area contributed by atoms with Crippen molar-refractivity contribution in [2.75, 3.05) is 0 Å². The van der Waals surface area contributed by atoms with E-state index in [1.165, 1.54) is 10.4 Å². The lowest BCUT2D eigenvalue weighted by Gasteiger charge is -2.17. The summed E-state index contributed by atoms with van der Waals surface area (Å²) in [5.41, 5.74) is 1.90. The highest BCUT2D eigenvalue weighted by Crippen LogP contribution is 2.35. The SMILES string of the molecule is CC1CCc2c(sc3ncn(Cc4nc(-c5cccc(Cl)c5)no4)c(=O)c23)C1. The van der Waals surface area contributed by atoms with Crippen LogP contribution in [0.2, 0.25) is 5.02 Å². The van der Waals surface area contributed by atoms with Gasteiger partial charge in [-0.25, -0.2) is 4.98 Å². The zero-order chi connectivity index (χ0) is 19.3. The number of halogens is 1. The Balaban J connectivity index is 1.49. The molecule has 0 bridgehead atoms. The van der Waals surface area contributed by atoms with Gasteiger partial charge in [0.2, 0.25) is 11.7 Å². The van der Waals surface area contributed by atoms with Crippen LogP contribution in [-0.4, -0.2) is 19.7 Å². The zero-order valence-corrected chi connectivity index (χ0v) is 16.8. The number of benzene rings is 1. The first kappa shape index (κ1) is 17.6. The molecule has 5 rings (SSSR count). The molecule has 0 N–H and O–H groups in total. The maximum atomic E-state index is 13.1. The third kappa shape index (κ3) is 3.04. The molecule has 6 nitrogen and oxygen atoms in total. The number of hydrogen-bond acceptors (Lipinski definition) is 6. The van der Waals surface area contributed by atoms with E-state index in [4.69, 9.17) is 16.1 Å². The maximum absolute atomic E-state index is 13.1. The second kappa shape index (κ2) is 6.83. The van der Waals surface area contributed by atoms with Gasteiger partial charge in [-0.15, -0.1) is 11.3 Å². The molecule has 3 heterocycles. The summed E-state index contributed by atoms with van der Waals surface area (Å²) in [5.74, 6) is 1.46. The highest BCUT2D eigenvalue weighted by Gasteiger charge is 2.23. The summed E-state index contributed by atoms with van der Waals surface area (Å²) in [5, 5.41) is 5.36. The third-order valence-corrected chi connectivity index (χ3v) is 6.54. The van der Waals surface area contributed by atoms with E-state index in [2.05, 4.69) is 22.0 Å². The van der Waals surface area contributed by atoms with Crippen molar-refractivity contribution >= 4 is 33.2 Å². The van der Waals surface area contributed by atoms with Crippen LogP contribution in [0.5, 0.6) is 0 Å². The van der Waals surface area contributed by atoms with Gasteiger partial charge in [-0.1, -0.05) is 35.8 Å². The minimum atomic E-state index is -0.0421. The van der Waals surface area contributed by atoms with Gasteiger partial charge in [0.25, 0.3) is 5.56 Å². The lowest BCUT2D eigenvalue weighted by atomic mass is 9.89. The van der Waals surface area contributed by atoms with E-state index in [-0.39, 0.29) is 12.1 Å². The number of hydrogen-bond donors (Lipinski definition) is 0. The molecule has 4 aromatic rings. The second-order valence-corrected chi connectivity index (χ2v) is 8.75. The molecule has 0 fully saturated rings. The van der Waals surface area contributed by atoms with Gasteiger partial charge in [0.05, 0.1) is 11.7 Å². The van der Waals surface area contributed by atoms with E-state index >= 15 is 0 Å². The average molecular weight is 413 g/mol. The van der Waals surface area contributed by atoms with Crippen LogP contribution in [0.1, 0.15) is 29.7 Å². The first-order valence-corrected chi connectivity index (χ1v) is 10.4. The summed E-state index contributed by atoms with van der Waals surface area (Å²) in [6.45, 7) is 2.45. The fraction of sp³-hybridized carbons (Fsp3) is 0.300. The molecule has 1 aliphatic rings. The Kier molecular flexibility index (Phi) is 4.29. The van der Waals surface area contributed by atoms with E-state index in [1.807, 2.05) is 12.1 Å². The largest absolute Gasteiger partial charge is 0.337 e. The quantitative estimate of drug-likeness (QED) is 0.500. The molecule has 0 spiro atoms. The molecule has 1 aromatic carbocycles. The normalized spacial score (nSPS) is 16.4. The van der Waals surface area contributed by atoms with Gasteiger partial charge in [0, 0.05) is 15.5 Å². The van der Waals surface area contributed by atoms with E-state index in [1.54, 1.807) is 34.4 Å². The summed E-state index contributed by atoms with van der Waals surface area (Å²) < 4.78 is 6.89. The Hall–Kier alpha value is -2.51. The molecule has 0 aliphatic heterocycles. The molecule has 0 saturated heterocycles. The van der Waals surface area contributed by atoms with Gasteiger partial charge in [0.1, 0.15) is 11.4 Å². The van der Waals surface area contributed by atoms with Crippen molar-refractivity contribution in [3.05, 3.63) is 62.3 Å². The molecule has 0 saturated carbocycles. The van der Waals surface area contributed by atoms with E-state index in [0.29, 0.717) is 22.7 Å². The zero-order valence-electron chi connectivity index (χ0n) is 15.2. The number of aryl methyl sites for hydroxylation is 1. The monoisotopic (exact) mass is 412 g/mol. The molecule has 8 heteroatoms. The summed E-state index contributed by atoms with van der Waals surface area (Å²) >= 11 is 7.67. The van der Waals surface area contributed by atoms with Crippen molar-refractivity contribution in [3.63, 3.8) is 0 Å². The maximum Gasteiger partial charge on any atom is 0.262 e. The van der Waals surface area contributed by atoms with Crippen LogP contribution in [0.3, 0.4) is 0 Å². The van der Waals surface area contributed by atoms with Crippen LogP contribution in [0.4, 0.5) is 0 Å². The molecule has 1 aliphatic carbocycles. The summed E-state index contributed by atoms with van der Waals surface area (Å²) in [4.78, 5) is 24.1. The van der Waals surface area contributed by atoms with Crippen LogP contribution >= 0.6 is 22.9 Å². The average Bonchev–Trinajstić information content (AvgIpc) is 3.28. The number of aromatic nitrogens is 4. The molecular formula is C20H17ClN4O2S. The predicted octanol–water partition coefficient (Wildman–Crippen LogP) is 4.33. The Bertz CT molecular complexity index is 1240. The van der Waals surface area contributed by atoms with Crippen molar-refractivity contribution in [1.29, 1.82) is 0 Å². The van der Waals surface area contributed by atoms with Crippen LogP contribution in [-0.2, 0) is 19.4 Å². The molecule has 28 heavy (non-hydrogen) atoms. The summed E-state index contributed by atoms with van der Waals surface area (Å²) in [6, 6.07) is 7.25. The van der Waals surface area contributed by atoms with Gasteiger partial charge >= 0.3 is 0 Å². The summed E-state index contributed by atoms with van der Waals surface area (Å²) in [6.07, 6.45) is 4.65. The number of thiophene rings is 1. The molecule has 1 atom stereocenters. The number of nitrogens with zero attached hydrogens (tertiary/aromatic N) is 4. The third-order valence-electron chi connectivity index (χ3n) is 5.14. The van der Waals surface area contributed by atoms with Crippen LogP contribution in [0.15, 0.2) is 39.9 Å². The standard InChI is InChI=1S/C20H17ClN4O2S/c1-11-5-6-14-15(7-11)28-19-17(14)20(26)25(10-22-19)9-16-23-18(24-27-16)12-3-2-4-13(21)8-12/h2-4,8,10-11H,5-7,9H2,1H3. The predicted molar refractivity (Wildman–Crippen MR) is 109 cm³/mol. The fourth-order valence-corrected chi connectivity index (χ4v) is 5.22. The molecule has 0 radical (unpaired) electrons. The van der Waals surface area contributed by atoms with Crippen molar-refractivity contribution in [1.82, 2.24) is 19.7 Å². The lowest BCUT2D eigenvalue weighted by molar-refractivity contribution is 0.369. The Morgan fingerprint density at radius 3 is 3.14 bits per heavy atom. The van der Waals surface area contributed by atoms with E-state index < -0.39 is 0 Å². The summed E-state index contributed by atoms with van der Waals surface area (Å²) in [7, 11) is 0. The van der Waals surface area contributed by atoms with Crippen molar-refractivity contribution in [2.45, 2.75) is 32.7 Å². The smallest absolute Gasteiger partial charge is 0.262 e. The minimum absolute atomic E-state index is 0.0421. The lowest BCUT2D eigenvalue weighted by Crippen LogP contribution is -2.22. The van der Waals surface area contributed by atoms with E-state index in [0.717, 1.165) is 35.0 Å². The second-order valence-electron chi connectivity index (χ2n) is 7.23. The Morgan fingerprint density at radius 2 is 2.29 bits per heavy atom. The fourth-order valence-electron chi connectivity index (χ4n) is 3.69. The number of fused-ring (bicyclic) bond motifs is 3. The minimum Gasteiger partial charge on any atom is -0.337 e. The molecule has 142 valence electrons.